The van der Waals surface area contributed by atoms with Crippen LogP contribution in [0.4, 0.5) is 0 Å². The van der Waals surface area contributed by atoms with Gasteiger partial charge in [-0.3, -0.25) is 4.79 Å². The number of H-pyrrole nitrogens is 1. The summed E-state index contributed by atoms with van der Waals surface area (Å²) in [6.07, 6.45) is 0.930. The van der Waals surface area contributed by atoms with Crippen LogP contribution in [0, 0.1) is 6.92 Å². The predicted octanol–water partition coefficient (Wildman–Crippen LogP) is 4.45. The summed E-state index contributed by atoms with van der Waals surface area (Å²) in [5, 5.41) is 0.677. The molecule has 0 saturated heterocycles. The Labute approximate surface area is 146 Å². The quantitative estimate of drug-likeness (QED) is 0.836. The Kier molecular flexibility index (Phi) is 4.50. The second kappa shape index (κ2) is 6.44. The predicted molar refractivity (Wildman–Crippen MR) is 92.9 cm³/mol. The maximum Gasteiger partial charge on any atom is 0.355 e. The van der Waals surface area contributed by atoms with Gasteiger partial charge in [-0.1, -0.05) is 23.7 Å². The number of hydrogen-bond donors (Lipinski definition) is 1. The second-order valence-electron chi connectivity index (χ2n) is 6.51. The van der Waals surface area contributed by atoms with Crippen molar-refractivity contribution in [2.45, 2.75) is 45.6 Å². The first-order chi connectivity index (χ1) is 11.4. The van der Waals surface area contributed by atoms with Crippen LogP contribution >= 0.6 is 11.6 Å². The van der Waals surface area contributed by atoms with Crippen molar-refractivity contribution < 1.29 is 14.3 Å². The number of aromatic nitrogens is 1. The van der Waals surface area contributed by atoms with E-state index in [1.165, 1.54) is 0 Å². The van der Waals surface area contributed by atoms with Gasteiger partial charge in [0.25, 0.3) is 0 Å². The minimum absolute atomic E-state index is 0.0635. The lowest BCUT2D eigenvalue weighted by Gasteiger charge is -2.22. The molecule has 0 bridgehead atoms. The zero-order chi connectivity index (χ0) is 17.4. The lowest BCUT2D eigenvalue weighted by atomic mass is 9.81. The number of hydrogen-bond acceptors (Lipinski definition) is 3. The topological polar surface area (TPSA) is 59.2 Å². The van der Waals surface area contributed by atoms with Crippen LogP contribution < -0.4 is 0 Å². The molecule has 1 unspecified atom stereocenters. The number of Topliss-reactive ketones (excluding diaryl/α,β-unsaturated/α-hetero) is 1. The average Bonchev–Trinajstić information content (AvgIpc) is 2.85. The van der Waals surface area contributed by atoms with Gasteiger partial charge >= 0.3 is 5.97 Å². The molecule has 1 N–H and O–H groups in total. The van der Waals surface area contributed by atoms with Crippen molar-refractivity contribution in [3.8, 4) is 0 Å². The number of ketones is 1. The summed E-state index contributed by atoms with van der Waals surface area (Å²) in [4.78, 5) is 28.0. The van der Waals surface area contributed by atoms with E-state index in [1.54, 1.807) is 20.8 Å². The van der Waals surface area contributed by atoms with Crippen LogP contribution in [-0.2, 0) is 11.2 Å². The van der Waals surface area contributed by atoms with E-state index < -0.39 is 5.97 Å². The number of ether oxygens (including phenoxy) is 1. The van der Waals surface area contributed by atoms with Gasteiger partial charge in [0.05, 0.1) is 6.10 Å². The Bertz CT molecular complexity index is 790. The van der Waals surface area contributed by atoms with Gasteiger partial charge in [-0.25, -0.2) is 4.79 Å². The van der Waals surface area contributed by atoms with E-state index in [1.807, 2.05) is 24.3 Å². The molecular formula is C19H20ClNO3. The Balaban J connectivity index is 1.92. The average molecular weight is 346 g/mol. The van der Waals surface area contributed by atoms with Crippen LogP contribution in [0.5, 0.6) is 0 Å². The summed E-state index contributed by atoms with van der Waals surface area (Å²) >= 11 is 5.94. The minimum atomic E-state index is -0.409. The van der Waals surface area contributed by atoms with E-state index in [9.17, 15) is 9.59 Å². The van der Waals surface area contributed by atoms with Crippen molar-refractivity contribution >= 4 is 23.4 Å². The van der Waals surface area contributed by atoms with E-state index in [0.717, 1.165) is 11.3 Å². The third kappa shape index (κ3) is 3.11. The van der Waals surface area contributed by atoms with Crippen LogP contribution in [0.25, 0.3) is 0 Å². The molecule has 1 aliphatic carbocycles. The standard InChI is InChI=1S/C19H20ClNO3/c1-10(2)24-19(23)18-11(3)17-15(21-18)8-13(9-16(17)22)12-4-6-14(20)7-5-12/h4-7,10,13,21H,8-9H2,1-3H3. The van der Waals surface area contributed by atoms with Gasteiger partial charge in [-0.05, 0) is 56.4 Å². The number of carbonyl (C=O) groups is 2. The summed E-state index contributed by atoms with van der Waals surface area (Å²) in [6, 6.07) is 7.58. The maximum atomic E-state index is 12.6. The van der Waals surface area contributed by atoms with Crippen LogP contribution in [0.15, 0.2) is 24.3 Å². The molecule has 1 heterocycles. The molecule has 0 spiro atoms. The summed E-state index contributed by atoms with van der Waals surface area (Å²) in [5.41, 5.74) is 3.63. The van der Waals surface area contributed by atoms with Crippen molar-refractivity contribution in [2.75, 3.05) is 0 Å². The van der Waals surface area contributed by atoms with Gasteiger partial charge in [-0.2, -0.15) is 0 Å². The van der Waals surface area contributed by atoms with E-state index in [4.69, 9.17) is 16.3 Å². The Morgan fingerprint density at radius 2 is 1.92 bits per heavy atom. The third-order valence-electron chi connectivity index (χ3n) is 4.38. The van der Waals surface area contributed by atoms with Crippen molar-refractivity contribution in [3.05, 3.63) is 57.4 Å². The molecule has 0 amide bonds. The second-order valence-corrected chi connectivity index (χ2v) is 6.95. The molecule has 2 aromatic rings. The molecule has 0 saturated carbocycles. The molecule has 0 fully saturated rings. The fourth-order valence-corrected chi connectivity index (χ4v) is 3.41. The SMILES string of the molecule is Cc1c(C(=O)OC(C)C)[nH]c2c1C(=O)CC(c1ccc(Cl)cc1)C2. The first kappa shape index (κ1) is 16.8. The van der Waals surface area contributed by atoms with Gasteiger partial charge in [0.1, 0.15) is 5.69 Å². The zero-order valence-electron chi connectivity index (χ0n) is 14.0. The highest BCUT2D eigenvalue weighted by Crippen LogP contribution is 2.35. The van der Waals surface area contributed by atoms with Crippen molar-refractivity contribution in [1.82, 2.24) is 4.98 Å². The Morgan fingerprint density at radius 3 is 2.54 bits per heavy atom. The number of esters is 1. The number of nitrogens with one attached hydrogen (secondary N) is 1. The van der Waals surface area contributed by atoms with Gasteiger partial charge in [0.2, 0.25) is 0 Å². The van der Waals surface area contributed by atoms with Crippen molar-refractivity contribution in [2.24, 2.45) is 0 Å². The summed E-state index contributed by atoms with van der Waals surface area (Å²) in [5.74, 6) is -0.254. The highest BCUT2D eigenvalue weighted by atomic mass is 35.5. The summed E-state index contributed by atoms with van der Waals surface area (Å²) in [6.45, 7) is 5.41. The fraction of sp³-hybridized carbons (Fsp3) is 0.368. The molecule has 5 heteroatoms. The van der Waals surface area contributed by atoms with Crippen LogP contribution in [-0.4, -0.2) is 22.8 Å². The van der Waals surface area contributed by atoms with Gasteiger partial charge < -0.3 is 9.72 Å². The molecule has 1 aliphatic rings. The smallest absolute Gasteiger partial charge is 0.355 e. The van der Waals surface area contributed by atoms with E-state index in [2.05, 4.69) is 4.98 Å². The van der Waals surface area contributed by atoms with E-state index in [0.29, 0.717) is 34.7 Å². The Morgan fingerprint density at radius 1 is 1.25 bits per heavy atom. The third-order valence-corrected chi connectivity index (χ3v) is 4.63. The molecule has 1 aromatic carbocycles. The van der Waals surface area contributed by atoms with Gasteiger partial charge in [0.15, 0.2) is 5.78 Å². The van der Waals surface area contributed by atoms with Gasteiger partial charge in [-0.15, -0.1) is 0 Å². The molecule has 3 rings (SSSR count). The number of fused-ring (bicyclic) bond motifs is 1. The molecule has 4 nitrogen and oxygen atoms in total. The molecular weight excluding hydrogens is 326 g/mol. The number of carbonyl (C=O) groups excluding carboxylic acids is 2. The molecule has 24 heavy (non-hydrogen) atoms. The zero-order valence-corrected chi connectivity index (χ0v) is 14.7. The molecule has 0 aliphatic heterocycles. The van der Waals surface area contributed by atoms with Gasteiger partial charge in [0, 0.05) is 22.7 Å². The minimum Gasteiger partial charge on any atom is -0.458 e. The molecule has 126 valence electrons. The Hall–Kier alpha value is -2.07. The van der Waals surface area contributed by atoms with E-state index in [-0.39, 0.29) is 17.8 Å². The van der Waals surface area contributed by atoms with Crippen molar-refractivity contribution in [3.63, 3.8) is 0 Å². The number of aromatic amines is 1. The monoisotopic (exact) mass is 345 g/mol. The first-order valence-corrected chi connectivity index (χ1v) is 8.45. The highest BCUT2D eigenvalue weighted by Gasteiger charge is 2.32. The fourth-order valence-electron chi connectivity index (χ4n) is 3.28. The van der Waals surface area contributed by atoms with Crippen LogP contribution in [0.1, 0.15) is 63.9 Å². The first-order valence-electron chi connectivity index (χ1n) is 8.08. The molecule has 1 aromatic heterocycles. The lowest BCUT2D eigenvalue weighted by Crippen LogP contribution is -2.18. The number of rotatable bonds is 3. The van der Waals surface area contributed by atoms with E-state index >= 15 is 0 Å². The highest BCUT2D eigenvalue weighted by molar-refractivity contribution is 6.30. The number of benzene rings is 1. The molecule has 0 radical (unpaired) electrons. The van der Waals surface area contributed by atoms with Crippen LogP contribution in [0.2, 0.25) is 5.02 Å². The normalized spacial score (nSPS) is 17.0. The largest absolute Gasteiger partial charge is 0.458 e. The van der Waals surface area contributed by atoms with Crippen LogP contribution in [0.3, 0.4) is 0 Å². The lowest BCUT2D eigenvalue weighted by molar-refractivity contribution is 0.0370. The van der Waals surface area contributed by atoms with Crippen molar-refractivity contribution in [1.29, 1.82) is 0 Å². The maximum absolute atomic E-state index is 12.6. The molecule has 1 atom stereocenters. The summed E-state index contributed by atoms with van der Waals surface area (Å²) < 4.78 is 5.26. The number of halogens is 1. The summed E-state index contributed by atoms with van der Waals surface area (Å²) in [7, 11) is 0.